The smallest absolute Gasteiger partial charge is 0.135 e. The van der Waals surface area contributed by atoms with E-state index in [1.54, 1.807) is 0 Å². The highest BCUT2D eigenvalue weighted by Gasteiger charge is 2.20. The third-order valence-electron chi connectivity index (χ3n) is 10.1. The van der Waals surface area contributed by atoms with Crippen LogP contribution in [0.5, 0.6) is 0 Å². The molecule has 8 aromatic carbocycles. The van der Waals surface area contributed by atoms with Crippen LogP contribution in [0.3, 0.4) is 0 Å². The highest BCUT2D eigenvalue weighted by Crippen LogP contribution is 2.46. The highest BCUT2D eigenvalue weighted by atomic mass is 16.3. The van der Waals surface area contributed by atoms with E-state index in [1.807, 2.05) is 12.1 Å². The number of rotatable bonds is 2. The van der Waals surface area contributed by atoms with E-state index in [4.69, 9.17) is 4.42 Å². The Bertz CT molecular complexity index is 2970. The molecule has 0 fully saturated rings. The fourth-order valence-corrected chi connectivity index (χ4v) is 8.22. The number of nitrogens with zero attached hydrogens (tertiary/aromatic N) is 1. The van der Waals surface area contributed by atoms with Crippen molar-refractivity contribution in [3.63, 3.8) is 0 Å². The fourth-order valence-electron chi connectivity index (χ4n) is 8.22. The molecule has 11 rings (SSSR count). The molecule has 0 saturated carbocycles. The number of hydrogen-bond donors (Lipinski definition) is 0. The third kappa shape index (κ3) is 3.05. The van der Waals surface area contributed by atoms with Crippen molar-refractivity contribution in [1.29, 1.82) is 0 Å². The van der Waals surface area contributed by atoms with Gasteiger partial charge in [0.25, 0.3) is 0 Å². The Kier molecular flexibility index (Phi) is 4.61. The van der Waals surface area contributed by atoms with E-state index in [0.717, 1.165) is 21.9 Å². The van der Waals surface area contributed by atoms with E-state index >= 15 is 0 Å². The summed E-state index contributed by atoms with van der Waals surface area (Å²) in [4.78, 5) is 0. The van der Waals surface area contributed by atoms with Crippen molar-refractivity contribution in [1.82, 2.24) is 4.40 Å². The van der Waals surface area contributed by atoms with Crippen LogP contribution >= 0.6 is 0 Å². The standard InChI is InChI=1S/C44H25NO/c1-3-14-32-30(12-1)42(26-20-22-39-36(24-26)35-17-9-16-34-28-10-5-7-18-38(28)45(39)44(34)35)31-13-2-4-15-33(31)43(32)27-21-23-41-37(25-27)29-11-6-8-19-40(29)46-41/h1-25H. The van der Waals surface area contributed by atoms with E-state index in [0.29, 0.717) is 0 Å². The van der Waals surface area contributed by atoms with Crippen molar-refractivity contribution in [3.05, 3.63) is 152 Å². The van der Waals surface area contributed by atoms with Crippen molar-refractivity contribution in [2.75, 3.05) is 0 Å². The molecule has 0 atom stereocenters. The second-order valence-electron chi connectivity index (χ2n) is 12.4. The quantitative estimate of drug-likeness (QED) is 0.185. The van der Waals surface area contributed by atoms with Crippen molar-refractivity contribution < 1.29 is 4.42 Å². The fraction of sp³-hybridized carbons (Fsp3) is 0. The van der Waals surface area contributed by atoms with Crippen molar-refractivity contribution >= 4 is 81.6 Å². The summed E-state index contributed by atoms with van der Waals surface area (Å²) in [5, 5.41) is 12.5. The lowest BCUT2D eigenvalue weighted by atomic mass is 9.85. The van der Waals surface area contributed by atoms with Crippen LogP contribution in [0.2, 0.25) is 0 Å². The molecule has 0 saturated heterocycles. The van der Waals surface area contributed by atoms with Crippen molar-refractivity contribution in [2.24, 2.45) is 0 Å². The third-order valence-corrected chi connectivity index (χ3v) is 10.1. The maximum absolute atomic E-state index is 6.19. The molecule has 3 aromatic heterocycles. The second-order valence-corrected chi connectivity index (χ2v) is 12.4. The molecule has 3 heterocycles. The van der Waals surface area contributed by atoms with Gasteiger partial charge in [-0.3, -0.25) is 0 Å². The van der Waals surface area contributed by atoms with Gasteiger partial charge >= 0.3 is 0 Å². The van der Waals surface area contributed by atoms with Crippen molar-refractivity contribution in [3.8, 4) is 22.3 Å². The van der Waals surface area contributed by atoms with Crippen LogP contribution in [0.1, 0.15) is 0 Å². The van der Waals surface area contributed by atoms with E-state index < -0.39 is 0 Å². The number of hydrogen-bond acceptors (Lipinski definition) is 1. The lowest BCUT2D eigenvalue weighted by Gasteiger charge is -2.18. The minimum Gasteiger partial charge on any atom is -0.456 e. The first kappa shape index (κ1) is 24.2. The lowest BCUT2D eigenvalue weighted by molar-refractivity contribution is 0.669. The van der Waals surface area contributed by atoms with Crippen LogP contribution in [-0.4, -0.2) is 4.40 Å². The van der Waals surface area contributed by atoms with Gasteiger partial charge in [0.2, 0.25) is 0 Å². The molecule has 2 heteroatoms. The van der Waals surface area contributed by atoms with Crippen LogP contribution < -0.4 is 0 Å². The van der Waals surface area contributed by atoms with Gasteiger partial charge < -0.3 is 8.82 Å². The zero-order valence-corrected chi connectivity index (χ0v) is 24.8. The Hall–Kier alpha value is -6.12. The Morgan fingerprint density at radius 3 is 1.50 bits per heavy atom. The normalized spacial score (nSPS) is 12.3. The predicted molar refractivity (Wildman–Crippen MR) is 194 cm³/mol. The number of aromatic nitrogens is 1. The second kappa shape index (κ2) is 8.74. The van der Waals surface area contributed by atoms with Gasteiger partial charge in [0.1, 0.15) is 11.2 Å². The first-order valence-electron chi connectivity index (χ1n) is 15.9. The van der Waals surface area contributed by atoms with Crippen LogP contribution in [0.15, 0.2) is 156 Å². The van der Waals surface area contributed by atoms with Gasteiger partial charge in [0.15, 0.2) is 0 Å². The van der Waals surface area contributed by atoms with E-state index in [1.165, 1.54) is 81.9 Å². The molecule has 212 valence electrons. The molecular formula is C44H25NO. The molecule has 0 aliphatic carbocycles. The molecule has 2 nitrogen and oxygen atoms in total. The Morgan fingerprint density at radius 1 is 0.326 bits per heavy atom. The summed E-state index contributed by atoms with van der Waals surface area (Å²) in [5.41, 5.74) is 10.6. The van der Waals surface area contributed by atoms with Gasteiger partial charge in [-0.15, -0.1) is 0 Å². The summed E-state index contributed by atoms with van der Waals surface area (Å²) >= 11 is 0. The van der Waals surface area contributed by atoms with Crippen molar-refractivity contribution in [2.45, 2.75) is 0 Å². The molecule has 0 bridgehead atoms. The predicted octanol–water partition coefficient (Wildman–Crippen LogP) is 12.4. The summed E-state index contributed by atoms with van der Waals surface area (Å²) in [6.07, 6.45) is 0. The number of fused-ring (bicyclic) bond motifs is 11. The van der Waals surface area contributed by atoms with E-state index in [-0.39, 0.29) is 0 Å². The molecule has 46 heavy (non-hydrogen) atoms. The summed E-state index contributed by atoms with van der Waals surface area (Å²) in [5.74, 6) is 0. The monoisotopic (exact) mass is 583 g/mol. The van der Waals surface area contributed by atoms with Gasteiger partial charge in [0.05, 0.1) is 16.6 Å². The summed E-state index contributed by atoms with van der Waals surface area (Å²) in [7, 11) is 0. The summed E-state index contributed by atoms with van der Waals surface area (Å²) in [6, 6.07) is 55.3. The van der Waals surface area contributed by atoms with Crippen LogP contribution in [0, 0.1) is 0 Å². The maximum atomic E-state index is 6.19. The molecule has 0 unspecified atom stereocenters. The van der Waals surface area contributed by atoms with Gasteiger partial charge in [0, 0.05) is 32.3 Å². The number of furan rings is 1. The Balaban J connectivity index is 1.23. The molecule has 0 spiro atoms. The number of benzene rings is 8. The Morgan fingerprint density at radius 2 is 0.804 bits per heavy atom. The molecule has 0 amide bonds. The molecule has 0 radical (unpaired) electrons. The topological polar surface area (TPSA) is 17.6 Å². The zero-order chi connectivity index (χ0) is 29.9. The van der Waals surface area contributed by atoms with Gasteiger partial charge in [-0.25, -0.2) is 0 Å². The van der Waals surface area contributed by atoms with Gasteiger partial charge in [-0.2, -0.15) is 0 Å². The average Bonchev–Trinajstić information content (AvgIpc) is 3.77. The average molecular weight is 584 g/mol. The minimum atomic E-state index is 0.918. The van der Waals surface area contributed by atoms with Crippen LogP contribution in [0.4, 0.5) is 0 Å². The largest absolute Gasteiger partial charge is 0.456 e. The summed E-state index contributed by atoms with van der Waals surface area (Å²) in [6.45, 7) is 0. The minimum absolute atomic E-state index is 0.918. The van der Waals surface area contributed by atoms with Crippen LogP contribution in [-0.2, 0) is 0 Å². The molecular weight excluding hydrogens is 558 g/mol. The molecule has 0 N–H and O–H groups in total. The molecule has 11 aromatic rings. The first-order chi connectivity index (χ1) is 22.8. The molecule has 0 aliphatic heterocycles. The molecule has 0 aliphatic rings. The Labute approximate surface area is 263 Å². The maximum Gasteiger partial charge on any atom is 0.135 e. The highest BCUT2D eigenvalue weighted by molar-refractivity contribution is 6.26. The zero-order valence-electron chi connectivity index (χ0n) is 24.8. The van der Waals surface area contributed by atoms with Gasteiger partial charge in [-0.1, -0.05) is 115 Å². The first-order valence-corrected chi connectivity index (χ1v) is 15.9. The lowest BCUT2D eigenvalue weighted by Crippen LogP contribution is -1.91. The van der Waals surface area contributed by atoms with Gasteiger partial charge in [-0.05, 0) is 80.2 Å². The van der Waals surface area contributed by atoms with Crippen LogP contribution in [0.25, 0.3) is 104 Å². The SMILES string of the molecule is c1ccc2c(c1)oc1ccc(-c3c4ccccc4c(-c4ccc5c(c4)c4cccc6c7ccccc7n5c64)c4ccccc34)cc12. The summed E-state index contributed by atoms with van der Waals surface area (Å²) < 4.78 is 8.64. The van der Waals surface area contributed by atoms with E-state index in [2.05, 4.69) is 144 Å². The van der Waals surface area contributed by atoms with E-state index in [9.17, 15) is 0 Å². The number of para-hydroxylation sites is 3.